The molecule has 4 nitrogen and oxygen atoms in total. The fraction of sp³-hybridized carbons (Fsp3) is 0.263. The Morgan fingerprint density at radius 3 is 2.16 bits per heavy atom. The summed E-state index contributed by atoms with van der Waals surface area (Å²) < 4.78 is 0. The maximum Gasteiger partial charge on any atom is 0.254 e. The number of halogens is 2. The second-order valence-electron chi connectivity index (χ2n) is 6.11. The molecule has 0 spiro atoms. The molecule has 1 N–H and O–H groups in total. The van der Waals surface area contributed by atoms with Crippen molar-refractivity contribution in [3.63, 3.8) is 0 Å². The van der Waals surface area contributed by atoms with E-state index in [-0.39, 0.29) is 18.4 Å². The van der Waals surface area contributed by atoms with Gasteiger partial charge < -0.3 is 10.2 Å². The number of nitrogens with zero attached hydrogens (tertiary/aromatic N) is 1. The van der Waals surface area contributed by atoms with Crippen LogP contribution < -0.4 is 5.32 Å². The Bertz CT molecular complexity index is 811. The van der Waals surface area contributed by atoms with E-state index in [4.69, 9.17) is 23.2 Å². The van der Waals surface area contributed by atoms with Gasteiger partial charge in [-0.15, -0.1) is 0 Å². The Kier molecular flexibility index (Phi) is 6.09. The Morgan fingerprint density at radius 2 is 1.60 bits per heavy atom. The lowest BCUT2D eigenvalue weighted by molar-refractivity contribution is -0.116. The summed E-state index contributed by atoms with van der Waals surface area (Å²) in [7, 11) is 1.57. The number of hydrogen-bond acceptors (Lipinski definition) is 2. The molecule has 0 radical (unpaired) electrons. The van der Waals surface area contributed by atoms with E-state index >= 15 is 0 Å². The molecule has 2 aromatic rings. The molecule has 0 aliphatic carbocycles. The third-order valence-corrected chi connectivity index (χ3v) is 4.57. The molecule has 0 unspecified atom stereocenters. The van der Waals surface area contributed by atoms with Gasteiger partial charge in [0.05, 0.1) is 16.6 Å². The summed E-state index contributed by atoms with van der Waals surface area (Å²) in [5.74, 6) is -0.558. The van der Waals surface area contributed by atoms with Gasteiger partial charge in [-0.1, -0.05) is 40.9 Å². The number of aryl methyl sites for hydroxylation is 3. The van der Waals surface area contributed by atoms with Gasteiger partial charge >= 0.3 is 0 Å². The molecule has 6 heteroatoms. The number of hydrogen-bond donors (Lipinski definition) is 1. The zero-order chi connectivity index (χ0) is 18.7. The average molecular weight is 379 g/mol. The summed E-state index contributed by atoms with van der Waals surface area (Å²) >= 11 is 11.8. The SMILES string of the molecule is Cc1cc(C)c(NC(=O)CN(C)C(=O)c2ccc(Cl)c(Cl)c2)c(C)c1. The van der Waals surface area contributed by atoms with Gasteiger partial charge in [-0.3, -0.25) is 9.59 Å². The van der Waals surface area contributed by atoms with Crippen molar-refractivity contribution in [2.45, 2.75) is 20.8 Å². The molecule has 0 aliphatic heterocycles. The van der Waals surface area contributed by atoms with Crippen LogP contribution in [0.2, 0.25) is 10.0 Å². The number of amides is 2. The molecule has 0 bridgehead atoms. The van der Waals surface area contributed by atoms with Gasteiger partial charge in [-0.05, 0) is 50.1 Å². The Hall–Kier alpha value is -2.04. The minimum absolute atomic E-state index is 0.0637. The quantitative estimate of drug-likeness (QED) is 0.842. The highest BCUT2D eigenvalue weighted by Crippen LogP contribution is 2.24. The first-order chi connectivity index (χ1) is 11.7. The molecule has 0 heterocycles. The monoisotopic (exact) mass is 378 g/mol. The van der Waals surface area contributed by atoms with E-state index in [2.05, 4.69) is 5.32 Å². The first kappa shape index (κ1) is 19.3. The minimum Gasteiger partial charge on any atom is -0.332 e. The largest absolute Gasteiger partial charge is 0.332 e. The fourth-order valence-electron chi connectivity index (χ4n) is 2.69. The van der Waals surface area contributed by atoms with Crippen LogP contribution in [0.3, 0.4) is 0 Å². The summed E-state index contributed by atoms with van der Waals surface area (Å²) in [6.45, 7) is 5.83. The van der Waals surface area contributed by atoms with Crippen molar-refractivity contribution in [1.82, 2.24) is 4.90 Å². The van der Waals surface area contributed by atoms with Gasteiger partial charge in [0.1, 0.15) is 0 Å². The first-order valence-electron chi connectivity index (χ1n) is 7.77. The maximum absolute atomic E-state index is 12.4. The predicted molar refractivity (Wildman–Crippen MR) is 103 cm³/mol. The van der Waals surface area contributed by atoms with Gasteiger partial charge in [0.15, 0.2) is 0 Å². The van der Waals surface area contributed by atoms with Crippen LogP contribution in [-0.4, -0.2) is 30.3 Å². The average Bonchev–Trinajstić information content (AvgIpc) is 2.52. The third kappa shape index (κ3) is 4.74. The number of rotatable bonds is 4. The summed E-state index contributed by atoms with van der Waals surface area (Å²) in [6, 6.07) is 8.65. The first-order valence-corrected chi connectivity index (χ1v) is 8.53. The Labute approximate surface area is 157 Å². The van der Waals surface area contributed by atoms with Crippen molar-refractivity contribution >= 4 is 40.7 Å². The molecule has 0 aromatic heterocycles. The second kappa shape index (κ2) is 7.89. The van der Waals surface area contributed by atoms with E-state index in [9.17, 15) is 9.59 Å². The Balaban J connectivity index is 2.07. The molecular weight excluding hydrogens is 359 g/mol. The highest BCUT2D eigenvalue weighted by atomic mass is 35.5. The maximum atomic E-state index is 12.4. The summed E-state index contributed by atoms with van der Waals surface area (Å²) in [5, 5.41) is 3.56. The van der Waals surface area contributed by atoms with Crippen LogP contribution in [0.15, 0.2) is 30.3 Å². The molecule has 25 heavy (non-hydrogen) atoms. The number of carbonyl (C=O) groups excluding carboxylic acids is 2. The van der Waals surface area contributed by atoms with E-state index in [0.717, 1.165) is 22.4 Å². The number of anilines is 1. The normalized spacial score (nSPS) is 10.5. The molecule has 0 aliphatic rings. The van der Waals surface area contributed by atoms with Crippen LogP contribution in [0.4, 0.5) is 5.69 Å². The topological polar surface area (TPSA) is 49.4 Å². The highest BCUT2D eigenvalue weighted by molar-refractivity contribution is 6.42. The number of benzene rings is 2. The van der Waals surface area contributed by atoms with E-state index in [1.54, 1.807) is 19.2 Å². The van der Waals surface area contributed by atoms with Crippen molar-refractivity contribution in [3.05, 3.63) is 62.6 Å². The molecule has 0 fully saturated rings. The molecule has 0 saturated carbocycles. The number of likely N-dealkylation sites (N-methyl/N-ethyl adjacent to an activating group) is 1. The lowest BCUT2D eigenvalue weighted by Gasteiger charge is -2.18. The molecule has 2 aromatic carbocycles. The fourth-order valence-corrected chi connectivity index (χ4v) is 2.99. The van der Waals surface area contributed by atoms with Crippen LogP contribution in [0.25, 0.3) is 0 Å². The minimum atomic E-state index is -0.300. The third-order valence-electron chi connectivity index (χ3n) is 3.84. The van der Waals surface area contributed by atoms with Gasteiger partial charge in [-0.25, -0.2) is 0 Å². The van der Waals surface area contributed by atoms with E-state index in [1.165, 1.54) is 11.0 Å². The summed E-state index contributed by atoms with van der Waals surface area (Å²) in [6.07, 6.45) is 0. The molecule has 0 saturated heterocycles. The summed E-state index contributed by atoms with van der Waals surface area (Å²) in [4.78, 5) is 26.1. The van der Waals surface area contributed by atoms with Crippen molar-refractivity contribution < 1.29 is 9.59 Å². The van der Waals surface area contributed by atoms with Gasteiger partial charge in [0, 0.05) is 18.3 Å². The van der Waals surface area contributed by atoms with Crippen LogP contribution in [0, 0.1) is 20.8 Å². The second-order valence-corrected chi connectivity index (χ2v) is 6.93. The predicted octanol–water partition coefficient (Wildman–Crippen LogP) is 4.63. The Morgan fingerprint density at radius 1 is 1.00 bits per heavy atom. The molecule has 0 atom stereocenters. The number of nitrogens with one attached hydrogen (secondary N) is 1. The van der Waals surface area contributed by atoms with Crippen LogP contribution in [-0.2, 0) is 4.79 Å². The van der Waals surface area contributed by atoms with E-state index in [1.807, 2.05) is 32.9 Å². The molecule has 2 rings (SSSR count). The lowest BCUT2D eigenvalue weighted by atomic mass is 10.1. The highest BCUT2D eigenvalue weighted by Gasteiger charge is 2.17. The van der Waals surface area contributed by atoms with Crippen LogP contribution >= 0.6 is 23.2 Å². The van der Waals surface area contributed by atoms with Crippen molar-refractivity contribution in [2.24, 2.45) is 0 Å². The zero-order valence-electron chi connectivity index (χ0n) is 14.6. The van der Waals surface area contributed by atoms with Crippen molar-refractivity contribution in [2.75, 3.05) is 18.9 Å². The molecule has 2 amide bonds. The standard InChI is InChI=1S/C19H20Cl2N2O2/c1-11-7-12(2)18(13(3)8-11)22-17(24)10-23(4)19(25)14-5-6-15(20)16(21)9-14/h5-9H,10H2,1-4H3,(H,22,24). The van der Waals surface area contributed by atoms with Crippen LogP contribution in [0.1, 0.15) is 27.0 Å². The van der Waals surface area contributed by atoms with Crippen molar-refractivity contribution in [1.29, 1.82) is 0 Å². The van der Waals surface area contributed by atoms with Gasteiger partial charge in [0.2, 0.25) is 5.91 Å². The lowest BCUT2D eigenvalue weighted by Crippen LogP contribution is -2.35. The van der Waals surface area contributed by atoms with E-state index in [0.29, 0.717) is 15.6 Å². The zero-order valence-corrected chi connectivity index (χ0v) is 16.1. The summed E-state index contributed by atoms with van der Waals surface area (Å²) in [5.41, 5.74) is 4.28. The smallest absolute Gasteiger partial charge is 0.254 e. The van der Waals surface area contributed by atoms with Gasteiger partial charge in [0.25, 0.3) is 5.91 Å². The van der Waals surface area contributed by atoms with Crippen LogP contribution in [0.5, 0.6) is 0 Å². The molecular formula is C19H20Cl2N2O2. The number of carbonyl (C=O) groups is 2. The van der Waals surface area contributed by atoms with Gasteiger partial charge in [-0.2, -0.15) is 0 Å². The molecule has 132 valence electrons. The van der Waals surface area contributed by atoms with E-state index < -0.39 is 0 Å². The van der Waals surface area contributed by atoms with Crippen molar-refractivity contribution in [3.8, 4) is 0 Å².